The molecule has 132 valence electrons. The van der Waals surface area contributed by atoms with Gasteiger partial charge in [0.05, 0.1) is 17.9 Å². The third kappa shape index (κ3) is 2.82. The highest BCUT2D eigenvalue weighted by Crippen LogP contribution is 2.28. The molecule has 1 unspecified atom stereocenters. The number of nitrogens with zero attached hydrogens (tertiary/aromatic N) is 2. The molecule has 8 heteroatoms. The normalized spacial score (nSPS) is 25.6. The number of carbonyl (C=O) groups is 2. The molecule has 0 saturated carbocycles. The van der Waals surface area contributed by atoms with E-state index in [0.29, 0.717) is 28.6 Å². The fourth-order valence-corrected chi connectivity index (χ4v) is 4.77. The number of carbonyl (C=O) groups excluding carboxylic acids is 2. The molecule has 3 atom stereocenters. The number of hydrogen-bond acceptors (Lipinski definition) is 7. The van der Waals surface area contributed by atoms with E-state index in [2.05, 4.69) is 11.4 Å². The van der Waals surface area contributed by atoms with E-state index in [1.165, 1.54) is 16.7 Å². The zero-order valence-electron chi connectivity index (χ0n) is 13.7. The van der Waals surface area contributed by atoms with Gasteiger partial charge >= 0.3 is 0 Å². The average molecular weight is 385 g/mol. The number of furan rings is 1. The highest BCUT2D eigenvalue weighted by atomic mass is 32.2. The highest BCUT2D eigenvalue weighted by Gasteiger charge is 2.46. The third-order valence-electron chi connectivity index (χ3n) is 4.71. The number of thiocarbonyl (C=S) groups is 1. The number of nitrogens with one attached hydrogen (secondary N) is 1. The molecule has 1 amide bonds. The standard InChI is InChI=1S/C18H15N3O3S2/c19-6-11-8-26-9-21(11)18(23)16-15(14(25)7-20-16)17(22)13-5-10-3-1-2-4-12(10)24-13/h1-5,11,15-16,20H,7-9H2/t11-,15?,16+/m1/s1. The monoisotopic (exact) mass is 385 g/mol. The van der Waals surface area contributed by atoms with Crippen molar-refractivity contribution in [1.29, 1.82) is 5.26 Å². The maximum atomic E-state index is 13.0. The molecule has 2 saturated heterocycles. The Hall–Kier alpha value is -2.21. The first-order valence-electron chi connectivity index (χ1n) is 8.17. The Bertz CT molecular complexity index is 916. The van der Waals surface area contributed by atoms with E-state index in [0.717, 1.165) is 5.39 Å². The minimum absolute atomic E-state index is 0.202. The second-order valence-electron chi connectivity index (χ2n) is 6.27. The Morgan fingerprint density at radius 1 is 1.38 bits per heavy atom. The lowest BCUT2D eigenvalue weighted by Crippen LogP contribution is -2.50. The van der Waals surface area contributed by atoms with Gasteiger partial charge in [0.1, 0.15) is 17.7 Å². The molecule has 4 rings (SSSR count). The number of fused-ring (bicyclic) bond motifs is 1. The second-order valence-corrected chi connectivity index (χ2v) is 7.79. The van der Waals surface area contributed by atoms with Crippen molar-refractivity contribution in [2.24, 2.45) is 5.92 Å². The maximum Gasteiger partial charge on any atom is 0.242 e. The summed E-state index contributed by atoms with van der Waals surface area (Å²) in [5.41, 5.74) is 0.621. The van der Waals surface area contributed by atoms with Crippen molar-refractivity contribution in [3.8, 4) is 6.07 Å². The molecule has 1 aromatic carbocycles. The first kappa shape index (κ1) is 17.2. The van der Waals surface area contributed by atoms with E-state index in [9.17, 15) is 14.9 Å². The van der Waals surface area contributed by atoms with Crippen LogP contribution in [0.2, 0.25) is 0 Å². The molecule has 3 heterocycles. The van der Waals surface area contributed by atoms with Gasteiger partial charge in [-0.15, -0.1) is 11.8 Å². The fourth-order valence-electron chi connectivity index (χ4n) is 3.35. The van der Waals surface area contributed by atoms with Crippen LogP contribution >= 0.6 is 24.0 Å². The molecule has 1 N–H and O–H groups in total. The van der Waals surface area contributed by atoms with Crippen molar-refractivity contribution < 1.29 is 14.0 Å². The van der Waals surface area contributed by atoms with Gasteiger partial charge < -0.3 is 14.6 Å². The molecule has 2 aliphatic rings. The molecule has 0 bridgehead atoms. The van der Waals surface area contributed by atoms with Gasteiger partial charge in [0.2, 0.25) is 11.7 Å². The summed E-state index contributed by atoms with van der Waals surface area (Å²) in [5.74, 6) is -0.0729. The molecular formula is C18H15N3O3S2. The maximum absolute atomic E-state index is 13.0. The third-order valence-corrected chi connectivity index (χ3v) is 6.12. The van der Waals surface area contributed by atoms with Crippen LogP contribution < -0.4 is 5.32 Å². The van der Waals surface area contributed by atoms with Gasteiger partial charge in [0.15, 0.2) is 5.76 Å². The van der Waals surface area contributed by atoms with Gasteiger partial charge in [-0.05, 0) is 12.1 Å². The Balaban J connectivity index is 1.62. The molecule has 0 radical (unpaired) electrons. The van der Waals surface area contributed by atoms with Crippen molar-refractivity contribution >= 4 is 51.5 Å². The first-order valence-corrected chi connectivity index (χ1v) is 9.73. The van der Waals surface area contributed by atoms with Crippen LogP contribution in [0.3, 0.4) is 0 Å². The molecule has 2 fully saturated rings. The Kier molecular flexibility index (Phi) is 4.53. The lowest BCUT2D eigenvalue weighted by molar-refractivity contribution is -0.133. The SMILES string of the molecule is N#C[C@@H]1CSCN1C(=O)[C@H]1NCC(=S)C1C(=O)c1cc2ccccc2o1. The summed E-state index contributed by atoms with van der Waals surface area (Å²) in [7, 11) is 0. The number of rotatable bonds is 3. The van der Waals surface area contributed by atoms with E-state index in [-0.39, 0.29) is 17.5 Å². The molecule has 1 aromatic heterocycles. The molecular weight excluding hydrogens is 370 g/mol. The van der Waals surface area contributed by atoms with Gasteiger partial charge in [-0.25, -0.2) is 0 Å². The van der Waals surface area contributed by atoms with Crippen molar-refractivity contribution in [2.45, 2.75) is 12.1 Å². The molecule has 0 spiro atoms. The number of thioether (sulfide) groups is 1. The van der Waals surface area contributed by atoms with Crippen LogP contribution in [0.25, 0.3) is 11.0 Å². The number of nitriles is 1. The van der Waals surface area contributed by atoms with Crippen molar-refractivity contribution in [2.75, 3.05) is 18.2 Å². The summed E-state index contributed by atoms with van der Waals surface area (Å²) in [6, 6.07) is 9.97. The summed E-state index contributed by atoms with van der Waals surface area (Å²) in [6.07, 6.45) is 0. The van der Waals surface area contributed by atoms with Crippen LogP contribution in [0.1, 0.15) is 10.6 Å². The van der Waals surface area contributed by atoms with E-state index >= 15 is 0 Å². The summed E-state index contributed by atoms with van der Waals surface area (Å²) in [6.45, 7) is 0.320. The van der Waals surface area contributed by atoms with Crippen LogP contribution in [-0.2, 0) is 4.79 Å². The number of para-hydroxylation sites is 1. The smallest absolute Gasteiger partial charge is 0.242 e. The molecule has 0 aliphatic carbocycles. The van der Waals surface area contributed by atoms with E-state index in [1.807, 2.05) is 18.2 Å². The predicted molar refractivity (Wildman–Crippen MR) is 102 cm³/mol. The highest BCUT2D eigenvalue weighted by molar-refractivity contribution is 7.99. The van der Waals surface area contributed by atoms with Gasteiger partial charge in [-0.1, -0.05) is 30.4 Å². The summed E-state index contributed by atoms with van der Waals surface area (Å²) < 4.78 is 5.67. The molecule has 6 nitrogen and oxygen atoms in total. The Labute approximate surface area is 159 Å². The van der Waals surface area contributed by atoms with Crippen LogP contribution in [-0.4, -0.2) is 51.7 Å². The summed E-state index contributed by atoms with van der Waals surface area (Å²) >= 11 is 6.89. The van der Waals surface area contributed by atoms with Crippen molar-refractivity contribution in [1.82, 2.24) is 10.2 Å². The topological polar surface area (TPSA) is 86.3 Å². The number of amides is 1. The Morgan fingerprint density at radius 3 is 2.96 bits per heavy atom. The number of hydrogen-bond donors (Lipinski definition) is 1. The van der Waals surface area contributed by atoms with Crippen LogP contribution in [0.4, 0.5) is 0 Å². The first-order chi connectivity index (χ1) is 12.6. The van der Waals surface area contributed by atoms with Crippen molar-refractivity contribution in [3.05, 3.63) is 36.1 Å². The zero-order chi connectivity index (χ0) is 18.3. The quantitative estimate of drug-likeness (QED) is 0.639. The van der Waals surface area contributed by atoms with Crippen LogP contribution in [0, 0.1) is 17.2 Å². The van der Waals surface area contributed by atoms with Crippen LogP contribution in [0.5, 0.6) is 0 Å². The van der Waals surface area contributed by atoms with E-state index < -0.39 is 18.0 Å². The lowest BCUT2D eigenvalue weighted by atomic mass is 9.92. The number of ketones is 1. The van der Waals surface area contributed by atoms with Gasteiger partial charge in [0, 0.05) is 22.5 Å². The number of Topliss-reactive ketones (excluding diaryl/α,β-unsaturated/α-hetero) is 1. The van der Waals surface area contributed by atoms with Gasteiger partial charge in [-0.2, -0.15) is 5.26 Å². The molecule has 2 aliphatic heterocycles. The number of benzene rings is 1. The van der Waals surface area contributed by atoms with E-state index in [1.54, 1.807) is 12.1 Å². The van der Waals surface area contributed by atoms with Gasteiger partial charge in [0.25, 0.3) is 0 Å². The molecule has 2 aromatic rings. The minimum Gasteiger partial charge on any atom is -0.453 e. The zero-order valence-corrected chi connectivity index (χ0v) is 15.3. The average Bonchev–Trinajstić information content (AvgIpc) is 3.37. The van der Waals surface area contributed by atoms with Gasteiger partial charge in [-0.3, -0.25) is 9.59 Å². The second kappa shape index (κ2) is 6.83. The Morgan fingerprint density at radius 2 is 2.19 bits per heavy atom. The lowest BCUT2D eigenvalue weighted by Gasteiger charge is -2.25. The molecule has 26 heavy (non-hydrogen) atoms. The summed E-state index contributed by atoms with van der Waals surface area (Å²) in [4.78, 5) is 28.0. The van der Waals surface area contributed by atoms with E-state index in [4.69, 9.17) is 16.6 Å². The summed E-state index contributed by atoms with van der Waals surface area (Å²) in [5, 5.41) is 13.1. The fraction of sp³-hybridized carbons (Fsp3) is 0.333. The predicted octanol–water partition coefficient (Wildman–Crippen LogP) is 2.00. The largest absolute Gasteiger partial charge is 0.453 e. The van der Waals surface area contributed by atoms with Crippen LogP contribution in [0.15, 0.2) is 34.7 Å². The van der Waals surface area contributed by atoms with Crippen molar-refractivity contribution in [3.63, 3.8) is 0 Å². The minimum atomic E-state index is -0.761.